The van der Waals surface area contributed by atoms with Crippen LogP contribution in [0.4, 0.5) is 0 Å². The van der Waals surface area contributed by atoms with Crippen LogP contribution in [0.2, 0.25) is 0 Å². The van der Waals surface area contributed by atoms with Gasteiger partial charge in [0.2, 0.25) is 0 Å². The zero-order valence-corrected chi connectivity index (χ0v) is 6.06. The van der Waals surface area contributed by atoms with E-state index in [2.05, 4.69) is 18.9 Å². The third kappa shape index (κ3) is 7.30. The second kappa shape index (κ2) is 7.30. The molecule has 0 spiro atoms. The standard InChI is InChI=1S/C9H14/c1-3-5-7-9-8-6-4-2/h1,5,7H,4,6,8-9H2,2H3. The van der Waals surface area contributed by atoms with Crippen molar-refractivity contribution >= 4 is 0 Å². The summed E-state index contributed by atoms with van der Waals surface area (Å²) in [7, 11) is 0. The third-order valence-electron chi connectivity index (χ3n) is 1.19. The molecule has 0 aromatic rings. The molecule has 0 rings (SSSR count). The van der Waals surface area contributed by atoms with Crippen molar-refractivity contribution < 1.29 is 0 Å². The molecule has 0 nitrogen and oxygen atoms in total. The summed E-state index contributed by atoms with van der Waals surface area (Å²) >= 11 is 0. The molecule has 0 amide bonds. The number of allylic oxidation sites excluding steroid dienone is 2. The van der Waals surface area contributed by atoms with Crippen molar-refractivity contribution in [3.05, 3.63) is 12.2 Å². The first kappa shape index (κ1) is 8.30. The molecule has 0 saturated carbocycles. The van der Waals surface area contributed by atoms with Gasteiger partial charge in [-0.1, -0.05) is 31.8 Å². The maximum absolute atomic E-state index is 5.01. The van der Waals surface area contributed by atoms with Gasteiger partial charge in [-0.2, -0.15) is 0 Å². The highest BCUT2D eigenvalue weighted by molar-refractivity contribution is 5.08. The maximum Gasteiger partial charge on any atom is -0.0162 e. The molecule has 0 heteroatoms. The summed E-state index contributed by atoms with van der Waals surface area (Å²) in [6.07, 6.45) is 13.8. The van der Waals surface area contributed by atoms with Gasteiger partial charge in [0.1, 0.15) is 0 Å². The van der Waals surface area contributed by atoms with Crippen LogP contribution in [0.15, 0.2) is 12.2 Å². The topological polar surface area (TPSA) is 0 Å². The largest absolute Gasteiger partial charge is 0.115 e. The molecule has 0 aromatic carbocycles. The van der Waals surface area contributed by atoms with Gasteiger partial charge in [0.05, 0.1) is 0 Å². The molecular formula is C9H14. The number of unbranched alkanes of at least 4 members (excludes halogenated alkanes) is 3. The Labute approximate surface area is 58.0 Å². The minimum Gasteiger partial charge on any atom is -0.115 e. The minimum atomic E-state index is 1.14. The Balaban J connectivity index is 2.93. The highest BCUT2D eigenvalue weighted by Crippen LogP contribution is 1.98. The van der Waals surface area contributed by atoms with Crippen LogP contribution in [-0.2, 0) is 0 Å². The van der Waals surface area contributed by atoms with E-state index in [0.717, 1.165) is 6.42 Å². The smallest absolute Gasteiger partial charge is 0.0162 e. The lowest BCUT2D eigenvalue weighted by Gasteiger charge is -1.88. The van der Waals surface area contributed by atoms with E-state index in [1.807, 2.05) is 0 Å². The van der Waals surface area contributed by atoms with Crippen molar-refractivity contribution in [2.24, 2.45) is 0 Å². The van der Waals surface area contributed by atoms with Crippen LogP contribution >= 0.6 is 0 Å². The van der Waals surface area contributed by atoms with Crippen molar-refractivity contribution in [2.45, 2.75) is 32.6 Å². The average molecular weight is 122 g/mol. The van der Waals surface area contributed by atoms with Crippen molar-refractivity contribution in [1.29, 1.82) is 0 Å². The Bertz CT molecular complexity index is 104. The summed E-state index contributed by atoms with van der Waals surface area (Å²) < 4.78 is 0. The summed E-state index contributed by atoms with van der Waals surface area (Å²) in [5, 5.41) is 0. The Kier molecular flexibility index (Phi) is 6.73. The zero-order valence-electron chi connectivity index (χ0n) is 6.06. The van der Waals surface area contributed by atoms with E-state index >= 15 is 0 Å². The Morgan fingerprint density at radius 1 is 1.44 bits per heavy atom. The molecule has 0 aromatic heterocycles. The third-order valence-corrected chi connectivity index (χ3v) is 1.19. The molecule has 0 unspecified atom stereocenters. The lowest BCUT2D eigenvalue weighted by atomic mass is 10.2. The van der Waals surface area contributed by atoms with E-state index in [4.69, 9.17) is 6.42 Å². The van der Waals surface area contributed by atoms with Crippen molar-refractivity contribution in [3.8, 4) is 12.3 Å². The Hall–Kier alpha value is -0.700. The molecule has 0 radical (unpaired) electrons. The molecule has 9 heavy (non-hydrogen) atoms. The lowest BCUT2D eigenvalue weighted by molar-refractivity contribution is 0.729. The van der Waals surface area contributed by atoms with E-state index in [1.54, 1.807) is 6.08 Å². The maximum atomic E-state index is 5.01. The van der Waals surface area contributed by atoms with Crippen LogP contribution in [0.25, 0.3) is 0 Å². The minimum absolute atomic E-state index is 1.14. The van der Waals surface area contributed by atoms with Crippen LogP contribution < -0.4 is 0 Å². The molecule has 0 aliphatic heterocycles. The molecule has 0 fully saturated rings. The van der Waals surface area contributed by atoms with Crippen LogP contribution in [0.3, 0.4) is 0 Å². The average Bonchev–Trinajstić information content (AvgIpc) is 1.89. The summed E-state index contributed by atoms with van der Waals surface area (Å²) in [6, 6.07) is 0. The van der Waals surface area contributed by atoms with Gasteiger partial charge in [0.25, 0.3) is 0 Å². The van der Waals surface area contributed by atoms with Gasteiger partial charge in [-0.25, -0.2) is 0 Å². The lowest BCUT2D eigenvalue weighted by Crippen LogP contribution is -1.69. The van der Waals surface area contributed by atoms with Gasteiger partial charge in [0.15, 0.2) is 0 Å². The van der Waals surface area contributed by atoms with Crippen LogP contribution in [0.5, 0.6) is 0 Å². The number of hydrogen-bond acceptors (Lipinski definition) is 0. The molecule has 0 atom stereocenters. The normalized spacial score (nSPS) is 9.78. The number of hydrogen-bond donors (Lipinski definition) is 0. The monoisotopic (exact) mass is 122 g/mol. The molecule has 0 saturated heterocycles. The molecule has 0 aliphatic rings. The second-order valence-electron chi connectivity index (χ2n) is 2.06. The van der Waals surface area contributed by atoms with Crippen LogP contribution in [0.1, 0.15) is 32.6 Å². The van der Waals surface area contributed by atoms with Crippen molar-refractivity contribution in [1.82, 2.24) is 0 Å². The van der Waals surface area contributed by atoms with Gasteiger partial charge in [-0.05, 0) is 18.9 Å². The van der Waals surface area contributed by atoms with Crippen molar-refractivity contribution in [3.63, 3.8) is 0 Å². The van der Waals surface area contributed by atoms with Crippen molar-refractivity contribution in [2.75, 3.05) is 0 Å². The Morgan fingerprint density at radius 3 is 2.78 bits per heavy atom. The van der Waals surface area contributed by atoms with Crippen LogP contribution in [0, 0.1) is 12.3 Å². The highest BCUT2D eigenvalue weighted by Gasteiger charge is 1.79. The molecule has 50 valence electrons. The molecule has 0 aliphatic carbocycles. The van der Waals surface area contributed by atoms with E-state index in [-0.39, 0.29) is 0 Å². The fourth-order valence-corrected chi connectivity index (χ4v) is 0.664. The van der Waals surface area contributed by atoms with Crippen LogP contribution in [-0.4, -0.2) is 0 Å². The van der Waals surface area contributed by atoms with Gasteiger partial charge in [-0.3, -0.25) is 0 Å². The van der Waals surface area contributed by atoms with Gasteiger partial charge < -0.3 is 0 Å². The van der Waals surface area contributed by atoms with E-state index in [9.17, 15) is 0 Å². The van der Waals surface area contributed by atoms with E-state index < -0.39 is 0 Å². The molecule has 0 bridgehead atoms. The summed E-state index contributed by atoms with van der Waals surface area (Å²) in [6.45, 7) is 2.20. The number of terminal acetylenes is 1. The predicted molar refractivity (Wildman–Crippen MR) is 42.1 cm³/mol. The first-order valence-electron chi connectivity index (χ1n) is 3.53. The number of rotatable bonds is 4. The first-order valence-corrected chi connectivity index (χ1v) is 3.53. The molecular weight excluding hydrogens is 108 g/mol. The predicted octanol–water partition coefficient (Wildman–Crippen LogP) is 2.76. The van der Waals surface area contributed by atoms with Gasteiger partial charge >= 0.3 is 0 Å². The highest BCUT2D eigenvalue weighted by atomic mass is 13.8. The summed E-state index contributed by atoms with van der Waals surface area (Å²) in [4.78, 5) is 0. The van der Waals surface area contributed by atoms with E-state index in [0.29, 0.717) is 0 Å². The SMILES string of the molecule is C#CC=CCCCCC. The van der Waals surface area contributed by atoms with Gasteiger partial charge in [0, 0.05) is 0 Å². The fraction of sp³-hybridized carbons (Fsp3) is 0.556. The second-order valence-corrected chi connectivity index (χ2v) is 2.06. The first-order chi connectivity index (χ1) is 4.41. The summed E-state index contributed by atoms with van der Waals surface area (Å²) in [5.41, 5.74) is 0. The Morgan fingerprint density at radius 2 is 2.22 bits per heavy atom. The molecule has 0 N–H and O–H groups in total. The zero-order chi connectivity index (χ0) is 6.95. The fourth-order valence-electron chi connectivity index (χ4n) is 0.664. The summed E-state index contributed by atoms with van der Waals surface area (Å²) in [5.74, 6) is 2.46. The molecule has 0 heterocycles. The van der Waals surface area contributed by atoms with Gasteiger partial charge in [-0.15, -0.1) is 6.42 Å². The van der Waals surface area contributed by atoms with E-state index in [1.165, 1.54) is 19.3 Å². The quantitative estimate of drug-likeness (QED) is 0.397.